The fourth-order valence-electron chi connectivity index (χ4n) is 0.836. The lowest BCUT2D eigenvalue weighted by atomic mass is 10.3. The lowest BCUT2D eigenvalue weighted by Gasteiger charge is -2.09. The number of carbonyl (C=O) groups excluding carboxylic acids is 1. The highest BCUT2D eigenvalue weighted by atomic mass is 32.2. The van der Waals surface area contributed by atoms with Gasteiger partial charge >= 0.3 is 0 Å². The van der Waals surface area contributed by atoms with Gasteiger partial charge < -0.3 is 9.64 Å². The molecule has 0 aliphatic heterocycles. The number of benzene rings is 1. The molecule has 0 radical (unpaired) electrons. The Morgan fingerprint density at radius 3 is 2.29 bits per heavy atom. The minimum Gasteiger partial charge on any atom is -0.497 e. The molecule has 1 rings (SSSR count). The second-order valence-electron chi connectivity index (χ2n) is 2.94. The molecule has 3 nitrogen and oxygen atoms in total. The number of thioether (sulfide) groups is 1. The Bertz CT molecular complexity index is 308. The highest BCUT2D eigenvalue weighted by Gasteiger charge is 2.05. The van der Waals surface area contributed by atoms with Gasteiger partial charge in [0, 0.05) is 19.0 Å². The predicted octanol–water partition coefficient (Wildman–Crippen LogP) is 2.47. The minimum atomic E-state index is 0.0233. The van der Waals surface area contributed by atoms with Crippen molar-refractivity contribution in [3.8, 4) is 5.75 Å². The van der Waals surface area contributed by atoms with Gasteiger partial charge in [0.1, 0.15) is 5.75 Å². The molecule has 0 unspecified atom stereocenters. The molecular weight excluding hydrogens is 198 g/mol. The van der Waals surface area contributed by atoms with Crippen LogP contribution in [-0.2, 0) is 0 Å². The van der Waals surface area contributed by atoms with Gasteiger partial charge in [-0.05, 0) is 36.0 Å². The molecule has 0 aliphatic rings. The first-order chi connectivity index (χ1) is 6.63. The van der Waals surface area contributed by atoms with Crippen LogP contribution in [0.2, 0.25) is 0 Å². The number of methoxy groups -OCH3 is 1. The molecule has 0 fully saturated rings. The Morgan fingerprint density at radius 2 is 1.86 bits per heavy atom. The molecular formula is C10H13NO2S. The number of amides is 1. The van der Waals surface area contributed by atoms with Crippen LogP contribution in [0, 0.1) is 0 Å². The van der Waals surface area contributed by atoms with E-state index in [1.54, 1.807) is 26.1 Å². The van der Waals surface area contributed by atoms with Crippen LogP contribution in [0.1, 0.15) is 0 Å². The van der Waals surface area contributed by atoms with Crippen LogP contribution in [0.15, 0.2) is 29.2 Å². The predicted molar refractivity (Wildman–Crippen MR) is 57.9 cm³/mol. The van der Waals surface area contributed by atoms with E-state index in [0.29, 0.717) is 0 Å². The van der Waals surface area contributed by atoms with Crippen LogP contribution in [0.25, 0.3) is 0 Å². The van der Waals surface area contributed by atoms with E-state index in [1.165, 1.54) is 11.8 Å². The van der Waals surface area contributed by atoms with Crippen LogP contribution in [-0.4, -0.2) is 31.3 Å². The van der Waals surface area contributed by atoms with Crippen molar-refractivity contribution in [3.63, 3.8) is 0 Å². The van der Waals surface area contributed by atoms with Gasteiger partial charge in [-0.1, -0.05) is 0 Å². The maximum atomic E-state index is 11.3. The van der Waals surface area contributed by atoms with E-state index >= 15 is 0 Å². The summed E-state index contributed by atoms with van der Waals surface area (Å²) in [6.45, 7) is 0. The summed E-state index contributed by atoms with van der Waals surface area (Å²) >= 11 is 1.20. The molecule has 0 N–H and O–H groups in total. The molecule has 1 aromatic rings. The smallest absolute Gasteiger partial charge is 0.285 e. The Labute approximate surface area is 88.0 Å². The number of rotatable bonds is 2. The molecule has 0 heterocycles. The van der Waals surface area contributed by atoms with E-state index in [0.717, 1.165) is 10.6 Å². The average molecular weight is 211 g/mol. The van der Waals surface area contributed by atoms with Crippen molar-refractivity contribution in [1.29, 1.82) is 0 Å². The van der Waals surface area contributed by atoms with Crippen molar-refractivity contribution in [2.75, 3.05) is 21.2 Å². The Morgan fingerprint density at radius 1 is 1.29 bits per heavy atom. The van der Waals surface area contributed by atoms with E-state index in [9.17, 15) is 4.79 Å². The van der Waals surface area contributed by atoms with Crippen LogP contribution in [0.3, 0.4) is 0 Å². The summed E-state index contributed by atoms with van der Waals surface area (Å²) in [5.74, 6) is 0.798. The molecule has 0 spiro atoms. The van der Waals surface area contributed by atoms with Crippen molar-refractivity contribution in [2.24, 2.45) is 0 Å². The van der Waals surface area contributed by atoms with Gasteiger partial charge in [-0.2, -0.15) is 0 Å². The third kappa shape index (κ3) is 2.96. The summed E-state index contributed by atoms with van der Waals surface area (Å²) in [4.78, 5) is 13.8. The van der Waals surface area contributed by atoms with E-state index < -0.39 is 0 Å². The zero-order chi connectivity index (χ0) is 10.6. The van der Waals surface area contributed by atoms with E-state index in [1.807, 2.05) is 24.3 Å². The minimum absolute atomic E-state index is 0.0233. The van der Waals surface area contributed by atoms with Crippen LogP contribution in [0.4, 0.5) is 4.79 Å². The molecule has 0 atom stereocenters. The second-order valence-corrected chi connectivity index (χ2v) is 3.96. The highest BCUT2D eigenvalue weighted by molar-refractivity contribution is 8.13. The Hall–Kier alpha value is -1.16. The van der Waals surface area contributed by atoms with Gasteiger partial charge in [-0.3, -0.25) is 4.79 Å². The molecule has 0 aliphatic carbocycles. The van der Waals surface area contributed by atoms with Gasteiger partial charge in [0.05, 0.1) is 7.11 Å². The summed E-state index contributed by atoms with van der Waals surface area (Å²) in [7, 11) is 5.09. The van der Waals surface area contributed by atoms with Gasteiger partial charge in [0.2, 0.25) is 0 Å². The molecule has 0 bridgehead atoms. The zero-order valence-electron chi connectivity index (χ0n) is 8.48. The van der Waals surface area contributed by atoms with Crippen LogP contribution in [0.5, 0.6) is 5.75 Å². The number of nitrogens with zero attached hydrogens (tertiary/aromatic N) is 1. The van der Waals surface area contributed by atoms with Crippen LogP contribution < -0.4 is 4.74 Å². The molecule has 1 aromatic carbocycles. The lowest BCUT2D eigenvalue weighted by Crippen LogP contribution is -2.15. The number of carbonyl (C=O) groups is 1. The fourth-order valence-corrected chi connectivity index (χ4v) is 1.49. The Kier molecular flexibility index (Phi) is 3.83. The SMILES string of the molecule is COc1ccc(SC(=O)N(C)C)cc1. The maximum absolute atomic E-state index is 11.3. The molecule has 14 heavy (non-hydrogen) atoms. The highest BCUT2D eigenvalue weighted by Crippen LogP contribution is 2.22. The molecule has 4 heteroatoms. The number of hydrogen-bond donors (Lipinski definition) is 0. The first-order valence-electron chi connectivity index (χ1n) is 4.16. The van der Waals surface area contributed by atoms with Gasteiger partial charge in [0.15, 0.2) is 0 Å². The molecule has 1 amide bonds. The third-order valence-corrected chi connectivity index (χ3v) is 2.68. The average Bonchev–Trinajstić information content (AvgIpc) is 2.19. The maximum Gasteiger partial charge on any atom is 0.285 e. The largest absolute Gasteiger partial charge is 0.497 e. The van der Waals surface area contributed by atoms with E-state index in [-0.39, 0.29) is 5.24 Å². The van der Waals surface area contributed by atoms with Crippen molar-refractivity contribution >= 4 is 17.0 Å². The van der Waals surface area contributed by atoms with Crippen molar-refractivity contribution in [1.82, 2.24) is 4.90 Å². The molecule has 0 aromatic heterocycles. The number of ether oxygens (including phenoxy) is 1. The summed E-state index contributed by atoms with van der Waals surface area (Å²) in [5.41, 5.74) is 0. The van der Waals surface area contributed by atoms with Crippen molar-refractivity contribution in [2.45, 2.75) is 4.90 Å². The lowest BCUT2D eigenvalue weighted by molar-refractivity contribution is 0.241. The summed E-state index contributed by atoms with van der Waals surface area (Å²) < 4.78 is 5.02. The second kappa shape index (κ2) is 4.91. The van der Waals surface area contributed by atoms with Gasteiger partial charge in [-0.15, -0.1) is 0 Å². The summed E-state index contributed by atoms with van der Waals surface area (Å²) in [5, 5.41) is 0.0233. The van der Waals surface area contributed by atoms with Crippen LogP contribution >= 0.6 is 11.8 Å². The molecule has 76 valence electrons. The first-order valence-corrected chi connectivity index (χ1v) is 4.98. The van der Waals surface area contributed by atoms with Gasteiger partial charge in [-0.25, -0.2) is 0 Å². The Balaban J connectivity index is 2.64. The monoisotopic (exact) mass is 211 g/mol. The van der Waals surface area contributed by atoms with Crippen molar-refractivity contribution in [3.05, 3.63) is 24.3 Å². The number of hydrogen-bond acceptors (Lipinski definition) is 3. The first kappa shape index (κ1) is 10.9. The molecule has 0 saturated carbocycles. The third-order valence-electron chi connectivity index (χ3n) is 1.63. The summed E-state index contributed by atoms with van der Waals surface area (Å²) in [6.07, 6.45) is 0. The fraction of sp³-hybridized carbons (Fsp3) is 0.300. The van der Waals surface area contributed by atoms with E-state index in [4.69, 9.17) is 4.74 Å². The zero-order valence-corrected chi connectivity index (χ0v) is 9.30. The topological polar surface area (TPSA) is 29.5 Å². The van der Waals surface area contributed by atoms with E-state index in [2.05, 4.69) is 0 Å². The normalized spacial score (nSPS) is 9.64. The summed E-state index contributed by atoms with van der Waals surface area (Å²) in [6, 6.07) is 7.41. The molecule has 0 saturated heterocycles. The quantitative estimate of drug-likeness (QED) is 0.704. The van der Waals surface area contributed by atoms with Crippen molar-refractivity contribution < 1.29 is 9.53 Å². The standard InChI is InChI=1S/C10H13NO2S/c1-11(2)10(12)14-9-6-4-8(13-3)5-7-9/h4-7H,1-3H3. The van der Waals surface area contributed by atoms with Gasteiger partial charge in [0.25, 0.3) is 5.24 Å².